The van der Waals surface area contributed by atoms with Gasteiger partial charge in [-0.3, -0.25) is 4.79 Å². The Morgan fingerprint density at radius 2 is 1.92 bits per heavy atom. The van der Waals surface area contributed by atoms with Gasteiger partial charge < -0.3 is 0 Å². The average molecular weight is 197 g/mol. The van der Waals surface area contributed by atoms with Crippen molar-refractivity contribution in [3.63, 3.8) is 0 Å². The molecule has 0 saturated heterocycles. The maximum absolute atomic E-state index is 12.4. The Kier molecular flexibility index (Phi) is 4.39. The predicted molar refractivity (Wildman–Crippen MR) is 42.6 cm³/mol. The van der Waals surface area contributed by atoms with E-state index in [9.17, 15) is 18.1 Å². The van der Waals surface area contributed by atoms with Crippen LogP contribution >= 0.6 is 0 Å². The zero-order valence-corrected chi connectivity index (χ0v) is 7.98. The van der Waals surface area contributed by atoms with E-state index in [0.29, 0.717) is 0 Å². The number of nitrogens with zero attached hydrogens (tertiary/aromatic N) is 1. The molecule has 5 heteroatoms. The van der Waals surface area contributed by atoms with Crippen LogP contribution in [-0.2, 0) is 4.79 Å². The molecular weight excluding hydrogens is 183 g/mol. The van der Waals surface area contributed by atoms with Gasteiger partial charge in [0.15, 0.2) is 0 Å². The van der Waals surface area contributed by atoms with Crippen molar-refractivity contribution in [2.75, 3.05) is 0 Å². The van der Waals surface area contributed by atoms with Gasteiger partial charge in [-0.15, -0.1) is 8.96 Å². The van der Waals surface area contributed by atoms with Gasteiger partial charge in [0.1, 0.15) is 0 Å². The molecule has 2 unspecified atom stereocenters. The molecule has 13 heavy (non-hydrogen) atoms. The van der Waals surface area contributed by atoms with E-state index in [2.05, 4.69) is 0 Å². The lowest BCUT2D eigenvalue weighted by Crippen LogP contribution is -2.45. The van der Waals surface area contributed by atoms with Crippen molar-refractivity contribution in [2.24, 2.45) is 5.92 Å². The van der Waals surface area contributed by atoms with E-state index in [1.165, 1.54) is 20.8 Å². The van der Waals surface area contributed by atoms with Crippen molar-refractivity contribution in [2.45, 2.75) is 39.2 Å². The Balaban J connectivity index is 4.80. The second-order valence-electron chi connectivity index (χ2n) is 3.21. The molecule has 2 atom stereocenters. The number of halogens is 3. The molecule has 0 amide bonds. The Hall–Kier alpha value is -0.580. The molecule has 0 aliphatic heterocycles. The highest BCUT2D eigenvalue weighted by molar-refractivity contribution is 5.72. The van der Waals surface area contributed by atoms with E-state index in [1.54, 1.807) is 0 Å². The van der Waals surface area contributed by atoms with Crippen LogP contribution in [0.5, 0.6) is 0 Å². The van der Waals surface area contributed by atoms with Gasteiger partial charge in [-0.25, -0.2) is 0 Å². The monoisotopic (exact) mass is 197 g/mol. The van der Waals surface area contributed by atoms with Crippen LogP contribution in [0.2, 0.25) is 0 Å². The Labute approximate surface area is 75.6 Å². The molecule has 0 aromatic heterocycles. The first-order chi connectivity index (χ1) is 5.90. The van der Waals surface area contributed by atoms with Gasteiger partial charge in [0.2, 0.25) is 0 Å². The zero-order chi connectivity index (χ0) is 10.6. The SMILES string of the molecule is CCC(C(=O)F)C(C)(CC)N(F)F. The van der Waals surface area contributed by atoms with Crippen molar-refractivity contribution in [1.29, 1.82) is 0 Å². The van der Waals surface area contributed by atoms with E-state index in [1.807, 2.05) is 0 Å². The van der Waals surface area contributed by atoms with Crippen molar-refractivity contribution < 1.29 is 18.1 Å². The van der Waals surface area contributed by atoms with Gasteiger partial charge >= 0.3 is 6.04 Å². The van der Waals surface area contributed by atoms with Crippen LogP contribution in [-0.4, -0.2) is 16.9 Å². The van der Waals surface area contributed by atoms with Crippen LogP contribution in [0, 0.1) is 5.92 Å². The van der Waals surface area contributed by atoms with E-state index in [-0.39, 0.29) is 12.8 Å². The summed E-state index contributed by atoms with van der Waals surface area (Å²) in [4.78, 5) is 10.5. The molecule has 0 rings (SSSR count). The molecule has 0 aliphatic carbocycles. The Morgan fingerprint density at radius 3 is 2.00 bits per heavy atom. The summed E-state index contributed by atoms with van der Waals surface area (Å²) in [6.45, 7) is 4.19. The van der Waals surface area contributed by atoms with Crippen molar-refractivity contribution in [3.05, 3.63) is 0 Å². The first-order valence-electron chi connectivity index (χ1n) is 4.21. The quantitative estimate of drug-likeness (QED) is 0.499. The smallest absolute Gasteiger partial charge is 0.261 e. The molecule has 0 aliphatic rings. The number of carbonyl (C=O) groups excluding carboxylic acids is 1. The molecule has 0 spiro atoms. The summed E-state index contributed by atoms with van der Waals surface area (Å²) in [7, 11) is 0. The average Bonchev–Trinajstić information content (AvgIpc) is 2.04. The van der Waals surface area contributed by atoms with Crippen LogP contribution in [0.25, 0.3) is 0 Å². The van der Waals surface area contributed by atoms with Crippen molar-refractivity contribution in [1.82, 2.24) is 5.34 Å². The number of carbonyl (C=O) groups is 1. The lowest BCUT2D eigenvalue weighted by atomic mass is 9.82. The minimum atomic E-state index is -1.69. The fourth-order valence-electron chi connectivity index (χ4n) is 1.33. The third-order valence-corrected chi connectivity index (χ3v) is 2.53. The van der Waals surface area contributed by atoms with E-state index >= 15 is 0 Å². The lowest BCUT2D eigenvalue weighted by Gasteiger charge is -2.32. The third kappa shape index (κ3) is 2.43. The van der Waals surface area contributed by atoms with Gasteiger partial charge in [0, 0.05) is 5.34 Å². The van der Waals surface area contributed by atoms with Crippen LogP contribution in [0.15, 0.2) is 0 Å². The normalized spacial score (nSPS) is 18.4. The lowest BCUT2D eigenvalue weighted by molar-refractivity contribution is -0.244. The van der Waals surface area contributed by atoms with Gasteiger partial charge in [-0.2, -0.15) is 4.39 Å². The largest absolute Gasteiger partial charge is 0.306 e. The number of hydrogen-bond acceptors (Lipinski definition) is 2. The molecular formula is C8H14F3NO. The number of rotatable bonds is 5. The molecule has 0 fully saturated rings. The van der Waals surface area contributed by atoms with E-state index in [4.69, 9.17) is 0 Å². The molecule has 78 valence electrons. The Bertz CT molecular complexity index is 186. The predicted octanol–water partition coefficient (Wildman–Crippen LogP) is 2.75. The molecule has 0 saturated carbocycles. The minimum absolute atomic E-state index is 0.0220. The summed E-state index contributed by atoms with van der Waals surface area (Å²) < 4.78 is 37.2. The fraction of sp³-hybridized carbons (Fsp3) is 0.875. The van der Waals surface area contributed by atoms with Gasteiger partial charge in [0.05, 0.1) is 11.5 Å². The van der Waals surface area contributed by atoms with Crippen molar-refractivity contribution >= 4 is 6.04 Å². The van der Waals surface area contributed by atoms with Gasteiger partial charge in [-0.1, -0.05) is 13.8 Å². The topological polar surface area (TPSA) is 20.3 Å². The summed E-state index contributed by atoms with van der Waals surface area (Å²) in [6, 6.07) is -1.67. The van der Waals surface area contributed by atoms with E-state index < -0.39 is 22.8 Å². The molecule has 0 heterocycles. The summed E-state index contributed by atoms with van der Waals surface area (Å²) >= 11 is 0. The van der Waals surface area contributed by atoms with Crippen LogP contribution < -0.4 is 0 Å². The van der Waals surface area contributed by atoms with Gasteiger partial charge in [0.25, 0.3) is 0 Å². The molecule has 0 radical (unpaired) electrons. The summed E-state index contributed by atoms with van der Waals surface area (Å²) in [6.07, 6.45) is 0.0954. The summed E-state index contributed by atoms with van der Waals surface area (Å²) in [5.41, 5.74) is -1.69. The molecule has 0 aromatic carbocycles. The van der Waals surface area contributed by atoms with Gasteiger partial charge in [-0.05, 0) is 19.8 Å². The highest BCUT2D eigenvalue weighted by Gasteiger charge is 2.43. The summed E-state index contributed by atoms with van der Waals surface area (Å²) in [5.74, 6) is -1.26. The first-order valence-corrected chi connectivity index (χ1v) is 4.21. The molecule has 0 bridgehead atoms. The maximum Gasteiger partial charge on any atom is 0.306 e. The second-order valence-corrected chi connectivity index (χ2v) is 3.21. The zero-order valence-electron chi connectivity index (χ0n) is 7.98. The third-order valence-electron chi connectivity index (χ3n) is 2.53. The standard InChI is InChI=1S/C8H14F3NO/c1-4-6(7(9)13)8(3,5-2)12(10)11/h6H,4-5H2,1-3H3. The van der Waals surface area contributed by atoms with Crippen LogP contribution in [0.4, 0.5) is 13.4 Å². The first kappa shape index (κ1) is 12.4. The number of hydrogen-bond donors (Lipinski definition) is 0. The maximum atomic E-state index is 12.4. The molecule has 0 aromatic rings. The van der Waals surface area contributed by atoms with Crippen LogP contribution in [0.1, 0.15) is 33.6 Å². The fourth-order valence-corrected chi connectivity index (χ4v) is 1.33. The minimum Gasteiger partial charge on any atom is -0.261 e. The highest BCUT2D eigenvalue weighted by Crippen LogP contribution is 2.32. The van der Waals surface area contributed by atoms with E-state index in [0.717, 1.165) is 0 Å². The van der Waals surface area contributed by atoms with Crippen molar-refractivity contribution in [3.8, 4) is 0 Å². The summed E-state index contributed by atoms with van der Waals surface area (Å²) in [5, 5.41) is -1.07. The molecule has 2 nitrogen and oxygen atoms in total. The second kappa shape index (κ2) is 4.60. The highest BCUT2D eigenvalue weighted by atomic mass is 19.4. The molecule has 0 N–H and O–H groups in total. The Morgan fingerprint density at radius 1 is 1.46 bits per heavy atom. The van der Waals surface area contributed by atoms with Crippen LogP contribution in [0.3, 0.4) is 0 Å².